The molecule has 15 heteroatoms. The molecule has 5 aliphatic rings. The summed E-state index contributed by atoms with van der Waals surface area (Å²) in [7, 11) is -3.89. The van der Waals surface area contributed by atoms with Gasteiger partial charge in [-0.05, 0) is 30.9 Å². The normalized spacial score (nSPS) is 29.5. The summed E-state index contributed by atoms with van der Waals surface area (Å²) in [6, 6.07) is 3.35. The Balaban J connectivity index is 1.17. The summed E-state index contributed by atoms with van der Waals surface area (Å²) in [6.45, 7) is 3.62. The molecule has 43 heavy (non-hydrogen) atoms. The average Bonchev–Trinajstić information content (AvgIpc) is 3.78. The number of amides is 4. The number of sulfonamides is 1. The molecule has 1 aromatic carbocycles. The van der Waals surface area contributed by atoms with Crippen LogP contribution < -0.4 is 10.0 Å². The lowest BCUT2D eigenvalue weighted by atomic mass is 10.1. The van der Waals surface area contributed by atoms with Crippen LogP contribution in [0.1, 0.15) is 49.7 Å². The summed E-state index contributed by atoms with van der Waals surface area (Å²) in [5.74, 6) is -3.82. The van der Waals surface area contributed by atoms with Gasteiger partial charge in [0, 0.05) is 37.3 Å². The minimum Gasteiger partial charge on any atom is -0.452 e. The van der Waals surface area contributed by atoms with Crippen molar-refractivity contribution in [3.05, 3.63) is 47.8 Å². The third-order valence-electron chi connectivity index (χ3n) is 8.71. The van der Waals surface area contributed by atoms with Crippen LogP contribution in [0.15, 0.2) is 30.9 Å². The summed E-state index contributed by atoms with van der Waals surface area (Å²) in [5, 5.41) is 1.99. The molecule has 0 spiro atoms. The summed E-state index contributed by atoms with van der Waals surface area (Å²) in [4.78, 5) is 67.4. The Morgan fingerprint density at radius 1 is 1.16 bits per heavy atom. The molecule has 0 aromatic heterocycles. The molecule has 2 saturated heterocycles. The lowest BCUT2D eigenvalue weighted by Gasteiger charge is -2.27. The fraction of sp³-hybridized carbons (Fsp3) is 0.536. The van der Waals surface area contributed by atoms with Gasteiger partial charge in [-0.1, -0.05) is 18.2 Å². The maximum atomic E-state index is 14.2. The number of rotatable bonds is 8. The molecule has 3 aliphatic heterocycles. The predicted octanol–water partition coefficient (Wildman–Crippen LogP) is 0.622. The number of ether oxygens (including phenoxy) is 2. The molecule has 2 saturated carbocycles. The molecule has 2 N–H and O–H groups in total. The fourth-order valence-electron chi connectivity index (χ4n) is 6.01. The highest BCUT2D eigenvalue weighted by atomic mass is 32.2. The van der Waals surface area contributed by atoms with Crippen molar-refractivity contribution < 1.29 is 46.3 Å². The van der Waals surface area contributed by atoms with Gasteiger partial charge in [-0.3, -0.25) is 28.8 Å². The second-order valence-corrected chi connectivity index (χ2v) is 13.6. The molecule has 5 atom stereocenters. The van der Waals surface area contributed by atoms with E-state index in [1.165, 1.54) is 17.0 Å². The monoisotopic (exact) mass is 618 g/mol. The number of carbonyl (C=O) groups excluding carboxylic acids is 5. The number of benzene rings is 1. The Morgan fingerprint density at radius 2 is 1.93 bits per heavy atom. The van der Waals surface area contributed by atoms with Gasteiger partial charge in [0.05, 0.1) is 18.3 Å². The highest BCUT2D eigenvalue weighted by molar-refractivity contribution is 7.91. The van der Waals surface area contributed by atoms with Crippen LogP contribution in [0.2, 0.25) is 0 Å². The third-order valence-corrected chi connectivity index (χ3v) is 10.5. The average molecular weight is 619 g/mol. The van der Waals surface area contributed by atoms with Gasteiger partial charge < -0.3 is 19.7 Å². The van der Waals surface area contributed by atoms with E-state index in [1.807, 2.05) is 0 Å². The third kappa shape index (κ3) is 5.45. The van der Waals surface area contributed by atoms with Gasteiger partial charge in [0.15, 0.2) is 6.10 Å². The second-order valence-electron chi connectivity index (χ2n) is 11.7. The molecule has 3 heterocycles. The van der Waals surface area contributed by atoms with E-state index in [1.54, 1.807) is 12.1 Å². The van der Waals surface area contributed by atoms with E-state index < -0.39 is 80.6 Å². The fourth-order valence-corrected chi connectivity index (χ4v) is 7.37. The molecule has 3 unspecified atom stereocenters. The standard InChI is InChI=1S/C28H31FN4O9S/c1-2-16-11-28(16,26(37)31-43(39,40)18-6-7-18)30-24(35)21-10-17(13-33(21)25(36)22-8-9-23(34)42-22)41-27(38)32-12-15-4-3-5-20(29)19(15)14-32/h2-5,16-18,21-22H,1,6-14H2,(H,30,35)(H,31,37)/t16?,17?,21-,22+,28?/m0/s1. The minimum absolute atomic E-state index is 0.00246. The molecule has 0 radical (unpaired) electrons. The zero-order valence-electron chi connectivity index (χ0n) is 23.1. The van der Waals surface area contributed by atoms with E-state index in [4.69, 9.17) is 9.47 Å². The maximum Gasteiger partial charge on any atom is 0.410 e. The van der Waals surface area contributed by atoms with E-state index in [0.717, 1.165) is 4.90 Å². The van der Waals surface area contributed by atoms with E-state index >= 15 is 0 Å². The number of hydrogen-bond donors (Lipinski definition) is 2. The van der Waals surface area contributed by atoms with Crippen molar-refractivity contribution in [2.24, 2.45) is 5.92 Å². The Labute approximate surface area is 246 Å². The van der Waals surface area contributed by atoms with Crippen LogP contribution in [-0.4, -0.2) is 83.6 Å². The van der Waals surface area contributed by atoms with Crippen molar-refractivity contribution in [3.63, 3.8) is 0 Å². The number of cyclic esters (lactones) is 1. The van der Waals surface area contributed by atoms with Crippen LogP contribution >= 0.6 is 0 Å². The highest BCUT2D eigenvalue weighted by Gasteiger charge is 2.62. The molecule has 4 fully saturated rings. The van der Waals surface area contributed by atoms with E-state index in [0.29, 0.717) is 24.0 Å². The number of esters is 1. The largest absolute Gasteiger partial charge is 0.452 e. The first-order chi connectivity index (χ1) is 20.4. The molecular weight excluding hydrogens is 587 g/mol. The number of nitrogens with one attached hydrogen (secondary N) is 2. The van der Waals surface area contributed by atoms with Crippen molar-refractivity contribution in [2.75, 3.05) is 6.54 Å². The first-order valence-electron chi connectivity index (χ1n) is 14.1. The second kappa shape index (κ2) is 10.6. The number of halogens is 1. The van der Waals surface area contributed by atoms with Crippen LogP contribution in [-0.2, 0) is 51.8 Å². The maximum absolute atomic E-state index is 14.2. The number of likely N-dealkylation sites (tertiary alicyclic amines) is 1. The van der Waals surface area contributed by atoms with Gasteiger partial charge in [-0.15, -0.1) is 6.58 Å². The van der Waals surface area contributed by atoms with Gasteiger partial charge >= 0.3 is 12.1 Å². The van der Waals surface area contributed by atoms with Crippen molar-refractivity contribution in [2.45, 2.75) is 80.7 Å². The number of carbonyl (C=O) groups is 5. The van der Waals surface area contributed by atoms with Crippen LogP contribution in [0, 0.1) is 11.7 Å². The molecule has 4 amide bonds. The molecule has 1 aromatic rings. The van der Waals surface area contributed by atoms with Crippen LogP contribution in [0.3, 0.4) is 0 Å². The molecule has 230 valence electrons. The summed E-state index contributed by atoms with van der Waals surface area (Å²) in [6.07, 6.45) is -0.345. The summed E-state index contributed by atoms with van der Waals surface area (Å²) in [5.41, 5.74) is -0.541. The van der Waals surface area contributed by atoms with Gasteiger partial charge in [-0.25, -0.2) is 17.6 Å². The van der Waals surface area contributed by atoms with Crippen LogP contribution in [0.25, 0.3) is 0 Å². The molecule has 0 bridgehead atoms. The quantitative estimate of drug-likeness (QED) is 0.313. The predicted molar refractivity (Wildman–Crippen MR) is 144 cm³/mol. The van der Waals surface area contributed by atoms with Gasteiger partial charge in [0.25, 0.3) is 11.8 Å². The topological polar surface area (TPSA) is 168 Å². The molecule has 2 aliphatic carbocycles. The number of hydrogen-bond acceptors (Lipinski definition) is 9. The van der Waals surface area contributed by atoms with E-state index in [2.05, 4.69) is 16.6 Å². The Bertz CT molecular complexity index is 1530. The lowest BCUT2D eigenvalue weighted by molar-refractivity contribution is -0.154. The van der Waals surface area contributed by atoms with Crippen molar-refractivity contribution in [3.8, 4) is 0 Å². The SMILES string of the molecule is C=CC1CC1(NC(=O)[C@@H]1CC(OC(=O)N2Cc3cccc(F)c3C2)CN1C(=O)[C@H]1CCC(=O)O1)C(=O)NS(=O)(=O)C1CC1. The molecule has 13 nitrogen and oxygen atoms in total. The van der Waals surface area contributed by atoms with Gasteiger partial charge in [-0.2, -0.15) is 0 Å². The smallest absolute Gasteiger partial charge is 0.410 e. The summed E-state index contributed by atoms with van der Waals surface area (Å²) >= 11 is 0. The first kappa shape index (κ1) is 29.1. The minimum atomic E-state index is -3.89. The van der Waals surface area contributed by atoms with E-state index in [-0.39, 0.29) is 45.3 Å². The van der Waals surface area contributed by atoms with Crippen LogP contribution in [0.4, 0.5) is 9.18 Å². The zero-order valence-corrected chi connectivity index (χ0v) is 23.9. The lowest BCUT2D eigenvalue weighted by Crippen LogP contribution is -2.57. The van der Waals surface area contributed by atoms with Crippen molar-refractivity contribution in [1.29, 1.82) is 0 Å². The van der Waals surface area contributed by atoms with Gasteiger partial charge in [0.1, 0.15) is 23.5 Å². The van der Waals surface area contributed by atoms with Crippen LogP contribution in [0.5, 0.6) is 0 Å². The Morgan fingerprint density at radius 3 is 2.56 bits per heavy atom. The van der Waals surface area contributed by atoms with Gasteiger partial charge in [0.2, 0.25) is 15.9 Å². The van der Waals surface area contributed by atoms with E-state index in [9.17, 15) is 36.8 Å². The van der Waals surface area contributed by atoms with Crippen molar-refractivity contribution in [1.82, 2.24) is 19.8 Å². The number of nitrogens with zero attached hydrogens (tertiary/aromatic N) is 2. The molecule has 6 rings (SSSR count). The molecular formula is C28H31FN4O9S. The Hall–Kier alpha value is -4.01. The first-order valence-corrected chi connectivity index (χ1v) is 15.7. The zero-order chi connectivity index (χ0) is 30.7. The van der Waals surface area contributed by atoms with Crippen molar-refractivity contribution >= 4 is 39.8 Å². The Kier molecular flexibility index (Phi) is 7.18. The number of fused-ring (bicyclic) bond motifs is 1. The highest BCUT2D eigenvalue weighted by Crippen LogP contribution is 2.45. The summed E-state index contributed by atoms with van der Waals surface area (Å²) < 4.78 is 51.9.